The monoisotopic (exact) mass is 360 g/mol. The van der Waals surface area contributed by atoms with E-state index in [1.54, 1.807) is 24.7 Å². The number of hydrogen-bond acceptors (Lipinski definition) is 4. The molecule has 1 N–H and O–H groups in total. The minimum absolute atomic E-state index is 0.120. The highest BCUT2D eigenvalue weighted by atomic mass is 16.1. The average Bonchev–Trinajstić information content (AvgIpc) is 2.71. The molecule has 3 aromatic rings. The fourth-order valence-electron chi connectivity index (χ4n) is 2.81. The topological polar surface area (TPSA) is 58.1 Å². The van der Waals surface area contributed by atoms with E-state index in [0.29, 0.717) is 12.1 Å². The summed E-state index contributed by atoms with van der Waals surface area (Å²) in [5, 5.41) is 2.94. The van der Waals surface area contributed by atoms with Crippen LogP contribution in [0.25, 0.3) is 0 Å². The molecule has 2 aromatic heterocycles. The molecule has 5 heteroatoms. The van der Waals surface area contributed by atoms with Crippen molar-refractivity contribution in [2.45, 2.75) is 33.0 Å². The molecule has 0 aliphatic carbocycles. The van der Waals surface area contributed by atoms with Crippen molar-refractivity contribution in [3.8, 4) is 0 Å². The molecule has 3 rings (SSSR count). The van der Waals surface area contributed by atoms with Crippen LogP contribution in [0.3, 0.4) is 0 Å². The number of carbonyl (C=O) groups excluding carboxylic acids is 1. The van der Waals surface area contributed by atoms with Gasteiger partial charge < -0.3 is 10.2 Å². The van der Waals surface area contributed by atoms with Crippen LogP contribution in [0, 0.1) is 0 Å². The van der Waals surface area contributed by atoms with Crippen LogP contribution < -0.4 is 10.2 Å². The van der Waals surface area contributed by atoms with Crippen LogP contribution in [-0.4, -0.2) is 21.9 Å². The van der Waals surface area contributed by atoms with Gasteiger partial charge in [0.05, 0.1) is 0 Å². The fourth-order valence-corrected chi connectivity index (χ4v) is 2.81. The molecule has 0 saturated heterocycles. The smallest absolute Gasteiger partial charge is 0.251 e. The third kappa shape index (κ3) is 5.14. The van der Waals surface area contributed by atoms with Crippen molar-refractivity contribution in [2.75, 3.05) is 4.90 Å². The zero-order valence-electron chi connectivity index (χ0n) is 15.7. The lowest BCUT2D eigenvalue weighted by Crippen LogP contribution is -2.31. The van der Waals surface area contributed by atoms with E-state index in [9.17, 15) is 4.79 Å². The number of nitrogens with zero attached hydrogens (tertiary/aromatic N) is 3. The van der Waals surface area contributed by atoms with Crippen LogP contribution >= 0.6 is 0 Å². The number of anilines is 1. The van der Waals surface area contributed by atoms with Gasteiger partial charge in [0.25, 0.3) is 5.91 Å². The van der Waals surface area contributed by atoms with E-state index in [1.165, 1.54) is 5.56 Å². The zero-order valence-corrected chi connectivity index (χ0v) is 15.7. The van der Waals surface area contributed by atoms with Crippen LogP contribution in [0.2, 0.25) is 0 Å². The molecule has 5 nitrogen and oxygen atoms in total. The number of carbonyl (C=O) groups is 1. The summed E-state index contributed by atoms with van der Waals surface area (Å²) in [5.74, 6) is 0.675. The van der Waals surface area contributed by atoms with E-state index in [1.807, 2.05) is 36.4 Å². The zero-order chi connectivity index (χ0) is 19.1. The Balaban J connectivity index is 1.73. The van der Waals surface area contributed by atoms with Crippen molar-refractivity contribution in [1.82, 2.24) is 15.3 Å². The molecule has 0 saturated carbocycles. The first-order valence-corrected chi connectivity index (χ1v) is 9.07. The van der Waals surface area contributed by atoms with Gasteiger partial charge in [0.1, 0.15) is 5.82 Å². The third-order valence-electron chi connectivity index (χ3n) is 4.30. The Kier molecular flexibility index (Phi) is 6.15. The number of amides is 1. The lowest BCUT2D eigenvalue weighted by atomic mass is 10.1. The molecule has 2 heterocycles. The first kappa shape index (κ1) is 18.6. The Morgan fingerprint density at radius 3 is 2.52 bits per heavy atom. The number of nitrogens with one attached hydrogen (secondary N) is 1. The van der Waals surface area contributed by atoms with E-state index in [-0.39, 0.29) is 11.9 Å². The molecule has 0 spiro atoms. The highest BCUT2D eigenvalue weighted by Gasteiger charge is 2.15. The lowest BCUT2D eigenvalue weighted by Gasteiger charge is -2.28. The van der Waals surface area contributed by atoms with Gasteiger partial charge in [0.2, 0.25) is 0 Å². The summed E-state index contributed by atoms with van der Waals surface area (Å²) < 4.78 is 0. The Labute approximate surface area is 160 Å². The molecule has 0 radical (unpaired) electrons. The maximum absolute atomic E-state index is 12.5. The summed E-state index contributed by atoms with van der Waals surface area (Å²) in [6.45, 7) is 5.44. The summed E-state index contributed by atoms with van der Waals surface area (Å²) in [5.41, 5.74) is 2.77. The van der Waals surface area contributed by atoms with Crippen molar-refractivity contribution in [3.63, 3.8) is 0 Å². The van der Waals surface area contributed by atoms with Crippen molar-refractivity contribution in [1.29, 1.82) is 0 Å². The third-order valence-corrected chi connectivity index (χ3v) is 4.30. The number of rotatable bonds is 7. The Morgan fingerprint density at radius 2 is 1.81 bits per heavy atom. The SMILES string of the molecule is CC(C)N(Cc1ccccc1)c1cc(C(=O)NCc2cccnc2)ccn1. The largest absolute Gasteiger partial charge is 0.350 e. The second-order valence-electron chi connectivity index (χ2n) is 6.65. The molecular weight excluding hydrogens is 336 g/mol. The number of pyridine rings is 2. The summed E-state index contributed by atoms with van der Waals surface area (Å²) in [6, 6.07) is 17.9. The second kappa shape index (κ2) is 8.94. The number of hydrogen-bond donors (Lipinski definition) is 1. The maximum atomic E-state index is 12.5. The quantitative estimate of drug-likeness (QED) is 0.696. The van der Waals surface area contributed by atoms with Crippen LogP contribution in [0.1, 0.15) is 35.3 Å². The summed E-state index contributed by atoms with van der Waals surface area (Å²) in [6.07, 6.45) is 5.15. The van der Waals surface area contributed by atoms with E-state index in [4.69, 9.17) is 0 Å². The Bertz CT molecular complexity index is 866. The normalized spacial score (nSPS) is 10.6. The molecule has 0 fully saturated rings. The molecule has 0 bridgehead atoms. The summed E-state index contributed by atoms with van der Waals surface area (Å²) in [4.78, 5) is 23.3. The highest BCUT2D eigenvalue weighted by Crippen LogP contribution is 2.19. The van der Waals surface area contributed by atoms with Gasteiger partial charge in [-0.3, -0.25) is 9.78 Å². The van der Waals surface area contributed by atoms with Crippen LogP contribution in [-0.2, 0) is 13.1 Å². The molecule has 0 aliphatic rings. The van der Waals surface area contributed by atoms with Crippen molar-refractivity contribution in [2.24, 2.45) is 0 Å². The average molecular weight is 360 g/mol. The van der Waals surface area contributed by atoms with E-state index in [2.05, 4.69) is 46.2 Å². The molecule has 1 amide bonds. The van der Waals surface area contributed by atoms with Gasteiger partial charge in [-0.15, -0.1) is 0 Å². The predicted octanol–water partition coefficient (Wildman–Crippen LogP) is 3.82. The first-order chi connectivity index (χ1) is 13.1. The van der Waals surface area contributed by atoms with E-state index >= 15 is 0 Å². The van der Waals surface area contributed by atoms with E-state index in [0.717, 1.165) is 17.9 Å². The molecule has 0 aliphatic heterocycles. The van der Waals surface area contributed by atoms with Crippen LogP contribution in [0.5, 0.6) is 0 Å². The van der Waals surface area contributed by atoms with Crippen molar-refractivity contribution in [3.05, 3.63) is 89.9 Å². The van der Waals surface area contributed by atoms with Gasteiger partial charge in [-0.2, -0.15) is 0 Å². The Morgan fingerprint density at radius 1 is 1.04 bits per heavy atom. The van der Waals surface area contributed by atoms with Gasteiger partial charge in [-0.25, -0.2) is 4.98 Å². The molecule has 138 valence electrons. The number of benzene rings is 1. The molecule has 0 atom stereocenters. The predicted molar refractivity (Wildman–Crippen MR) is 107 cm³/mol. The van der Waals surface area contributed by atoms with E-state index < -0.39 is 0 Å². The maximum Gasteiger partial charge on any atom is 0.251 e. The molecular formula is C22H24N4O. The standard InChI is InChI=1S/C22H24N4O/c1-17(2)26(16-18-7-4-3-5-8-18)21-13-20(10-12-24-21)22(27)25-15-19-9-6-11-23-14-19/h3-14,17H,15-16H2,1-2H3,(H,25,27). The van der Waals surface area contributed by atoms with Crippen LogP contribution in [0.15, 0.2) is 73.2 Å². The van der Waals surface area contributed by atoms with Gasteiger partial charge in [-0.05, 0) is 43.2 Å². The van der Waals surface area contributed by atoms with Gasteiger partial charge in [0.15, 0.2) is 0 Å². The minimum atomic E-state index is -0.120. The van der Waals surface area contributed by atoms with Crippen molar-refractivity contribution < 1.29 is 4.79 Å². The number of aromatic nitrogens is 2. The first-order valence-electron chi connectivity index (χ1n) is 9.07. The molecule has 0 unspecified atom stereocenters. The summed E-state index contributed by atoms with van der Waals surface area (Å²) >= 11 is 0. The van der Waals surface area contributed by atoms with Gasteiger partial charge in [0, 0.05) is 43.3 Å². The minimum Gasteiger partial charge on any atom is -0.350 e. The lowest BCUT2D eigenvalue weighted by molar-refractivity contribution is 0.0951. The Hall–Kier alpha value is -3.21. The second-order valence-corrected chi connectivity index (χ2v) is 6.65. The van der Waals surface area contributed by atoms with Crippen molar-refractivity contribution >= 4 is 11.7 Å². The van der Waals surface area contributed by atoms with Gasteiger partial charge >= 0.3 is 0 Å². The van der Waals surface area contributed by atoms with Crippen LogP contribution in [0.4, 0.5) is 5.82 Å². The molecule has 1 aromatic carbocycles. The molecule has 27 heavy (non-hydrogen) atoms. The fraction of sp³-hybridized carbons (Fsp3) is 0.227. The summed E-state index contributed by atoms with van der Waals surface area (Å²) in [7, 11) is 0. The van der Waals surface area contributed by atoms with Gasteiger partial charge in [-0.1, -0.05) is 36.4 Å². The highest BCUT2D eigenvalue weighted by molar-refractivity contribution is 5.94.